The molecule has 0 heterocycles. The molecule has 2 N–H and O–H groups in total. The van der Waals surface area contributed by atoms with Crippen LogP contribution in [0.15, 0.2) is 40.9 Å². The number of hydrogen-bond acceptors (Lipinski definition) is 3. The minimum Gasteiger partial charge on any atom is -0.320 e. The van der Waals surface area contributed by atoms with Crippen LogP contribution in [0.4, 0.5) is 10.1 Å². The van der Waals surface area contributed by atoms with Gasteiger partial charge >= 0.3 is 0 Å². The van der Waals surface area contributed by atoms with E-state index in [1.54, 1.807) is 25.1 Å². The van der Waals surface area contributed by atoms with E-state index in [0.29, 0.717) is 15.6 Å². The summed E-state index contributed by atoms with van der Waals surface area (Å²) in [6.07, 6.45) is 0. The Morgan fingerprint density at radius 1 is 1.25 bits per heavy atom. The van der Waals surface area contributed by atoms with Gasteiger partial charge in [-0.3, -0.25) is 10.1 Å². The predicted molar refractivity (Wildman–Crippen MR) is 78.0 cm³/mol. The minimum atomic E-state index is -0.757. The summed E-state index contributed by atoms with van der Waals surface area (Å²) in [5.41, 5.74) is 7.63. The molecule has 104 valence electrons. The summed E-state index contributed by atoms with van der Waals surface area (Å²) in [6.45, 7) is 1.79. The lowest BCUT2D eigenvalue weighted by Crippen LogP contribution is -2.15. The molecule has 0 aliphatic heterocycles. The minimum absolute atomic E-state index is 0.0588. The van der Waals surface area contributed by atoms with Gasteiger partial charge in [0, 0.05) is 22.2 Å². The summed E-state index contributed by atoms with van der Waals surface area (Å²) >= 11 is 3.26. The lowest BCUT2D eigenvalue weighted by molar-refractivity contribution is -0.384. The molecule has 2 aromatic carbocycles. The Kier molecular flexibility index (Phi) is 4.15. The van der Waals surface area contributed by atoms with Gasteiger partial charge in [0.15, 0.2) is 0 Å². The van der Waals surface area contributed by atoms with Crippen molar-refractivity contribution < 1.29 is 9.31 Å². The van der Waals surface area contributed by atoms with Gasteiger partial charge in [-0.25, -0.2) is 4.39 Å². The molecule has 4 nitrogen and oxygen atoms in total. The molecule has 0 radical (unpaired) electrons. The Bertz CT molecular complexity index is 676. The van der Waals surface area contributed by atoms with Gasteiger partial charge in [-0.1, -0.05) is 22.0 Å². The lowest BCUT2D eigenvalue weighted by atomic mass is 9.95. The maximum Gasteiger partial charge on any atom is 0.269 e. The first-order valence-electron chi connectivity index (χ1n) is 5.85. The van der Waals surface area contributed by atoms with Crippen molar-refractivity contribution >= 4 is 21.6 Å². The molecule has 1 atom stereocenters. The highest BCUT2D eigenvalue weighted by Crippen LogP contribution is 2.29. The van der Waals surface area contributed by atoms with E-state index in [9.17, 15) is 14.5 Å². The zero-order valence-corrected chi connectivity index (χ0v) is 12.2. The zero-order valence-electron chi connectivity index (χ0n) is 10.6. The van der Waals surface area contributed by atoms with Gasteiger partial charge in [0.05, 0.1) is 11.0 Å². The molecule has 0 aliphatic rings. The fourth-order valence-electron chi connectivity index (χ4n) is 2.00. The Hall–Kier alpha value is -1.79. The van der Waals surface area contributed by atoms with Crippen molar-refractivity contribution in [1.82, 2.24) is 0 Å². The van der Waals surface area contributed by atoms with Crippen molar-refractivity contribution in [1.29, 1.82) is 0 Å². The standard InChI is InChI=1S/C14H12BrFN2O2/c1-8-2-4-10(18(19)20)7-11(8)14(17)12-6-9(15)3-5-13(12)16/h2-7,14H,17H2,1H3. The molecule has 0 fully saturated rings. The summed E-state index contributed by atoms with van der Waals surface area (Å²) in [5, 5.41) is 10.8. The number of nitro benzene ring substituents is 1. The molecular formula is C14H12BrFN2O2. The summed E-state index contributed by atoms with van der Waals surface area (Å²) in [5.74, 6) is -0.438. The van der Waals surface area contributed by atoms with Crippen LogP contribution < -0.4 is 5.73 Å². The predicted octanol–water partition coefficient (Wildman–Crippen LogP) is 3.85. The van der Waals surface area contributed by atoms with Crippen LogP contribution >= 0.6 is 15.9 Å². The summed E-state index contributed by atoms with van der Waals surface area (Å²) in [6, 6.07) is 8.12. The second-order valence-corrected chi connectivity index (χ2v) is 5.36. The number of halogens is 2. The molecule has 0 spiro atoms. The maximum absolute atomic E-state index is 13.9. The summed E-state index contributed by atoms with van der Waals surface area (Å²) in [4.78, 5) is 10.3. The number of aryl methyl sites for hydroxylation is 1. The third-order valence-corrected chi connectivity index (χ3v) is 3.60. The number of benzene rings is 2. The van der Waals surface area contributed by atoms with Crippen molar-refractivity contribution in [3.63, 3.8) is 0 Å². The zero-order chi connectivity index (χ0) is 14.9. The van der Waals surface area contributed by atoms with Gasteiger partial charge in [0.2, 0.25) is 0 Å². The molecule has 20 heavy (non-hydrogen) atoms. The Balaban J connectivity index is 2.52. The smallest absolute Gasteiger partial charge is 0.269 e. The summed E-state index contributed by atoms with van der Waals surface area (Å²) in [7, 11) is 0. The van der Waals surface area contributed by atoms with E-state index in [-0.39, 0.29) is 5.69 Å². The maximum atomic E-state index is 13.9. The Morgan fingerprint density at radius 2 is 1.95 bits per heavy atom. The number of hydrogen-bond donors (Lipinski definition) is 1. The number of nitrogens with two attached hydrogens (primary N) is 1. The number of nitro groups is 1. The summed E-state index contributed by atoms with van der Waals surface area (Å²) < 4.78 is 14.6. The van der Waals surface area contributed by atoms with Gasteiger partial charge in [-0.05, 0) is 36.2 Å². The number of rotatable bonds is 3. The highest BCUT2D eigenvalue weighted by molar-refractivity contribution is 9.10. The van der Waals surface area contributed by atoms with Crippen LogP contribution in [0.2, 0.25) is 0 Å². The fourth-order valence-corrected chi connectivity index (χ4v) is 2.38. The van der Waals surface area contributed by atoms with Crippen LogP contribution in [-0.4, -0.2) is 4.92 Å². The SMILES string of the molecule is Cc1ccc([N+](=O)[O-])cc1C(N)c1cc(Br)ccc1F. The Labute approximate surface area is 123 Å². The first-order chi connectivity index (χ1) is 9.40. The molecular weight excluding hydrogens is 327 g/mol. The van der Waals surface area contributed by atoms with Gasteiger partial charge in [-0.15, -0.1) is 0 Å². The van der Waals surface area contributed by atoms with Crippen LogP contribution in [0.1, 0.15) is 22.7 Å². The monoisotopic (exact) mass is 338 g/mol. The first-order valence-corrected chi connectivity index (χ1v) is 6.65. The van der Waals surface area contributed by atoms with Crippen molar-refractivity contribution in [2.45, 2.75) is 13.0 Å². The van der Waals surface area contributed by atoms with Crippen LogP contribution in [0.5, 0.6) is 0 Å². The molecule has 0 bridgehead atoms. The average molecular weight is 339 g/mol. The van der Waals surface area contributed by atoms with E-state index in [0.717, 1.165) is 5.56 Å². The van der Waals surface area contributed by atoms with E-state index >= 15 is 0 Å². The molecule has 6 heteroatoms. The van der Waals surface area contributed by atoms with Crippen molar-refractivity contribution in [3.8, 4) is 0 Å². The Morgan fingerprint density at radius 3 is 2.60 bits per heavy atom. The molecule has 0 saturated carbocycles. The number of nitrogens with zero attached hydrogens (tertiary/aromatic N) is 1. The normalized spacial score (nSPS) is 12.2. The number of non-ortho nitro benzene ring substituents is 1. The van der Waals surface area contributed by atoms with Gasteiger partial charge in [-0.2, -0.15) is 0 Å². The first kappa shape index (κ1) is 14.6. The van der Waals surface area contributed by atoms with E-state index < -0.39 is 16.8 Å². The van der Waals surface area contributed by atoms with Crippen LogP contribution in [0.25, 0.3) is 0 Å². The molecule has 0 aromatic heterocycles. The highest BCUT2D eigenvalue weighted by atomic mass is 79.9. The van der Waals surface area contributed by atoms with E-state index in [2.05, 4.69) is 15.9 Å². The molecule has 2 rings (SSSR count). The molecule has 0 aliphatic carbocycles. The average Bonchev–Trinajstić information content (AvgIpc) is 2.41. The second-order valence-electron chi connectivity index (χ2n) is 4.44. The molecule has 0 amide bonds. The van der Waals surface area contributed by atoms with E-state index in [1.807, 2.05) is 0 Å². The van der Waals surface area contributed by atoms with E-state index in [1.165, 1.54) is 18.2 Å². The van der Waals surface area contributed by atoms with Gasteiger partial charge in [0.1, 0.15) is 5.82 Å². The van der Waals surface area contributed by atoms with Crippen LogP contribution in [0, 0.1) is 22.9 Å². The van der Waals surface area contributed by atoms with Crippen molar-refractivity contribution in [2.24, 2.45) is 5.73 Å². The highest BCUT2D eigenvalue weighted by Gasteiger charge is 2.18. The molecule has 2 aromatic rings. The van der Waals surface area contributed by atoms with Gasteiger partial charge in [0.25, 0.3) is 5.69 Å². The lowest BCUT2D eigenvalue weighted by Gasteiger charge is -2.16. The van der Waals surface area contributed by atoms with E-state index in [4.69, 9.17) is 5.73 Å². The fraction of sp³-hybridized carbons (Fsp3) is 0.143. The largest absolute Gasteiger partial charge is 0.320 e. The quantitative estimate of drug-likeness (QED) is 0.682. The third-order valence-electron chi connectivity index (χ3n) is 3.10. The van der Waals surface area contributed by atoms with Crippen LogP contribution in [0.3, 0.4) is 0 Å². The van der Waals surface area contributed by atoms with Crippen molar-refractivity contribution in [2.75, 3.05) is 0 Å². The van der Waals surface area contributed by atoms with Crippen molar-refractivity contribution in [3.05, 3.63) is 73.5 Å². The second kappa shape index (κ2) is 5.68. The molecule has 1 unspecified atom stereocenters. The topological polar surface area (TPSA) is 69.2 Å². The van der Waals surface area contributed by atoms with Gasteiger partial charge < -0.3 is 5.73 Å². The molecule has 0 saturated heterocycles. The third kappa shape index (κ3) is 2.86. The van der Waals surface area contributed by atoms with Crippen LogP contribution in [-0.2, 0) is 0 Å².